The van der Waals surface area contributed by atoms with Crippen LogP contribution >= 0.6 is 46.4 Å². The highest BCUT2D eigenvalue weighted by atomic mass is 35.5. The summed E-state index contributed by atoms with van der Waals surface area (Å²) in [7, 11) is 0. The molecule has 0 aliphatic heterocycles. The van der Waals surface area contributed by atoms with Gasteiger partial charge < -0.3 is 4.52 Å². The molecule has 3 nitrogen and oxygen atoms in total. The van der Waals surface area contributed by atoms with Crippen LogP contribution in [0.4, 0.5) is 0 Å². The quantitative estimate of drug-likeness (QED) is 0.740. The second kappa shape index (κ2) is 3.66. The molecule has 0 radical (unpaired) electrons. The van der Waals surface area contributed by atoms with E-state index >= 15 is 0 Å². The number of fused-ring (bicyclic) bond motifs is 2. The van der Waals surface area contributed by atoms with Gasteiger partial charge in [-0.2, -0.15) is 0 Å². The maximum Gasteiger partial charge on any atom is 0.186 e. The number of alkyl halides is 2. The topological polar surface area (TPSA) is 43.1 Å². The van der Waals surface area contributed by atoms with Crippen LogP contribution in [0.15, 0.2) is 26.9 Å². The number of carbonyl (C=O) groups excluding carboxylic acids is 1. The number of Topliss-reactive ketones (excluding diaryl/α,β-unsaturated/α-hetero) is 1. The second-order valence-electron chi connectivity index (χ2n) is 4.56. The predicted octanol–water partition coefficient (Wildman–Crippen LogP) is 3.64. The molecule has 18 heavy (non-hydrogen) atoms. The number of halogens is 4. The summed E-state index contributed by atoms with van der Waals surface area (Å²) < 4.78 is 5.11. The van der Waals surface area contributed by atoms with E-state index < -0.39 is 15.7 Å². The number of aromatic nitrogens is 1. The summed E-state index contributed by atoms with van der Waals surface area (Å²) in [6.07, 6.45) is 1.49. The van der Waals surface area contributed by atoms with Crippen LogP contribution in [0.3, 0.4) is 0 Å². The summed E-state index contributed by atoms with van der Waals surface area (Å²) in [4.78, 5) is 9.60. The molecule has 3 rings (SSSR count). The molecule has 2 bridgehead atoms. The highest BCUT2D eigenvalue weighted by Crippen LogP contribution is 2.68. The van der Waals surface area contributed by atoms with E-state index in [1.807, 2.05) is 0 Å². The highest BCUT2D eigenvalue weighted by molar-refractivity contribution is 6.63. The Morgan fingerprint density at radius 1 is 1.28 bits per heavy atom. The van der Waals surface area contributed by atoms with E-state index in [9.17, 15) is 4.79 Å². The SMILES string of the molecule is CC1C(c2ccno2)[C@@]2(Cl)C(=O)[C@]1(Cl)C(Cl)=C2Cl. The number of hydrogen-bond acceptors (Lipinski definition) is 3. The number of rotatable bonds is 1. The molecular weight excluding hydrogens is 320 g/mol. The van der Waals surface area contributed by atoms with Crippen molar-refractivity contribution in [3.63, 3.8) is 0 Å². The smallest absolute Gasteiger partial charge is 0.186 e. The third-order valence-electron chi connectivity index (χ3n) is 3.81. The summed E-state index contributed by atoms with van der Waals surface area (Å²) in [5.74, 6) is -0.702. The Kier molecular flexibility index (Phi) is 2.60. The molecule has 0 amide bonds. The van der Waals surface area contributed by atoms with Crippen molar-refractivity contribution in [2.24, 2.45) is 5.92 Å². The zero-order valence-electron chi connectivity index (χ0n) is 9.08. The van der Waals surface area contributed by atoms with Crippen LogP contribution in [0.2, 0.25) is 0 Å². The van der Waals surface area contributed by atoms with E-state index in [0.717, 1.165) is 0 Å². The van der Waals surface area contributed by atoms with Crippen molar-refractivity contribution in [3.05, 3.63) is 28.1 Å². The van der Waals surface area contributed by atoms with Crippen molar-refractivity contribution < 1.29 is 9.32 Å². The van der Waals surface area contributed by atoms with Gasteiger partial charge in [-0.3, -0.25) is 4.79 Å². The normalized spacial score (nSPS) is 43.1. The van der Waals surface area contributed by atoms with Crippen LogP contribution in [0.5, 0.6) is 0 Å². The Bertz CT molecular complexity index is 570. The summed E-state index contributed by atoms with van der Waals surface area (Å²) in [5.41, 5.74) is 0. The molecule has 2 unspecified atom stereocenters. The molecule has 1 aromatic rings. The Labute approximate surface area is 123 Å². The molecule has 1 heterocycles. The lowest BCUT2D eigenvalue weighted by Gasteiger charge is -2.31. The van der Waals surface area contributed by atoms with Gasteiger partial charge in [0.2, 0.25) is 0 Å². The van der Waals surface area contributed by atoms with Gasteiger partial charge in [-0.25, -0.2) is 0 Å². The number of carbonyl (C=O) groups is 1. The first-order valence-electron chi connectivity index (χ1n) is 5.25. The first-order chi connectivity index (χ1) is 8.36. The van der Waals surface area contributed by atoms with Gasteiger partial charge in [-0.05, 0) is 5.92 Å². The summed E-state index contributed by atoms with van der Waals surface area (Å²) in [5, 5.41) is 3.84. The van der Waals surface area contributed by atoms with Crippen LogP contribution in [0.1, 0.15) is 18.6 Å². The Morgan fingerprint density at radius 3 is 2.39 bits per heavy atom. The maximum atomic E-state index is 12.4. The summed E-state index contributed by atoms with van der Waals surface area (Å²) >= 11 is 25.0. The van der Waals surface area contributed by atoms with Crippen molar-refractivity contribution in [2.75, 3.05) is 0 Å². The van der Waals surface area contributed by atoms with Gasteiger partial charge in [0, 0.05) is 6.07 Å². The zero-order chi connectivity index (χ0) is 13.3. The molecule has 0 aromatic carbocycles. The fraction of sp³-hybridized carbons (Fsp3) is 0.455. The molecule has 0 saturated heterocycles. The summed E-state index contributed by atoms with van der Waals surface area (Å²) in [6, 6.07) is 1.65. The standard InChI is InChI=1S/C11H7Cl4NO2/c1-4-6(5-2-3-16-18-5)11(15)8(13)7(12)10(4,14)9(11)17/h2-4,6H,1H3/t4?,6?,10-,11+/m1/s1. The molecule has 2 aliphatic carbocycles. The van der Waals surface area contributed by atoms with Gasteiger partial charge in [0.1, 0.15) is 10.6 Å². The number of allylic oxidation sites excluding steroid dienone is 2. The van der Waals surface area contributed by atoms with Crippen LogP contribution in [0.25, 0.3) is 0 Å². The monoisotopic (exact) mass is 325 g/mol. The molecule has 0 spiro atoms. The predicted molar refractivity (Wildman–Crippen MR) is 69.3 cm³/mol. The number of nitrogens with zero attached hydrogens (tertiary/aromatic N) is 1. The Morgan fingerprint density at radius 2 is 1.89 bits per heavy atom. The lowest BCUT2D eigenvalue weighted by atomic mass is 9.81. The molecule has 1 aromatic heterocycles. The average molecular weight is 327 g/mol. The van der Waals surface area contributed by atoms with Crippen molar-refractivity contribution in [3.8, 4) is 0 Å². The lowest BCUT2D eigenvalue weighted by molar-refractivity contribution is -0.119. The summed E-state index contributed by atoms with van der Waals surface area (Å²) in [6.45, 7) is 1.80. The van der Waals surface area contributed by atoms with Crippen molar-refractivity contribution in [2.45, 2.75) is 22.6 Å². The Balaban J connectivity index is 2.26. The molecule has 1 saturated carbocycles. The molecule has 2 aliphatic rings. The molecule has 4 atom stereocenters. The van der Waals surface area contributed by atoms with E-state index in [1.165, 1.54) is 6.20 Å². The van der Waals surface area contributed by atoms with E-state index in [4.69, 9.17) is 50.9 Å². The fourth-order valence-corrected chi connectivity index (χ4v) is 4.68. The van der Waals surface area contributed by atoms with Crippen LogP contribution < -0.4 is 0 Å². The van der Waals surface area contributed by atoms with Crippen molar-refractivity contribution in [1.29, 1.82) is 0 Å². The lowest BCUT2D eigenvalue weighted by Crippen LogP contribution is -2.33. The minimum absolute atomic E-state index is 0.0883. The molecule has 1 fully saturated rings. The molecular formula is C11H7Cl4NO2. The average Bonchev–Trinajstić information content (AvgIpc) is 2.94. The van der Waals surface area contributed by atoms with Gasteiger partial charge in [0.25, 0.3) is 0 Å². The van der Waals surface area contributed by atoms with Crippen LogP contribution in [-0.2, 0) is 4.79 Å². The van der Waals surface area contributed by atoms with Gasteiger partial charge in [0.05, 0.1) is 22.2 Å². The highest BCUT2D eigenvalue weighted by Gasteiger charge is 2.75. The van der Waals surface area contributed by atoms with Crippen molar-refractivity contribution >= 4 is 52.2 Å². The Hall–Kier alpha value is -0.220. The first-order valence-corrected chi connectivity index (χ1v) is 6.77. The van der Waals surface area contributed by atoms with Crippen LogP contribution in [0, 0.1) is 5.92 Å². The van der Waals surface area contributed by atoms with E-state index in [2.05, 4.69) is 5.16 Å². The molecule has 7 heteroatoms. The molecule has 96 valence electrons. The van der Waals surface area contributed by atoms with E-state index in [-0.39, 0.29) is 21.8 Å². The fourth-order valence-electron chi connectivity index (χ4n) is 2.87. The van der Waals surface area contributed by atoms with Gasteiger partial charge in [-0.15, -0.1) is 23.2 Å². The molecule has 0 N–H and O–H groups in total. The number of hydrogen-bond donors (Lipinski definition) is 0. The number of ketones is 1. The van der Waals surface area contributed by atoms with E-state index in [1.54, 1.807) is 13.0 Å². The largest absolute Gasteiger partial charge is 0.361 e. The zero-order valence-corrected chi connectivity index (χ0v) is 12.1. The minimum atomic E-state index is -1.45. The van der Waals surface area contributed by atoms with Crippen LogP contribution in [-0.4, -0.2) is 20.7 Å². The van der Waals surface area contributed by atoms with Gasteiger partial charge >= 0.3 is 0 Å². The second-order valence-corrected chi connectivity index (χ2v) is 6.51. The first kappa shape index (κ1) is 12.8. The maximum absolute atomic E-state index is 12.4. The minimum Gasteiger partial charge on any atom is -0.361 e. The third kappa shape index (κ3) is 1.15. The van der Waals surface area contributed by atoms with Gasteiger partial charge in [0.15, 0.2) is 10.7 Å². The van der Waals surface area contributed by atoms with E-state index in [0.29, 0.717) is 5.76 Å². The van der Waals surface area contributed by atoms with Crippen molar-refractivity contribution in [1.82, 2.24) is 5.16 Å². The van der Waals surface area contributed by atoms with Gasteiger partial charge in [-0.1, -0.05) is 35.3 Å². The third-order valence-corrected chi connectivity index (χ3v) is 6.38.